The molecule has 2 nitrogen and oxygen atoms in total. The number of nitrogens with one attached hydrogen (secondary N) is 1. The number of fused-ring (bicyclic) bond motifs is 1. The molecular formula is C13H9ClN2S. The van der Waals surface area contributed by atoms with Gasteiger partial charge in [-0.2, -0.15) is 0 Å². The average Bonchev–Trinajstić information content (AvgIpc) is 2.72. The molecule has 0 aliphatic rings. The van der Waals surface area contributed by atoms with Gasteiger partial charge < -0.3 is 5.32 Å². The quantitative estimate of drug-likeness (QED) is 0.723. The van der Waals surface area contributed by atoms with Gasteiger partial charge in [-0.25, -0.2) is 4.98 Å². The highest BCUT2D eigenvalue weighted by Crippen LogP contribution is 2.33. The van der Waals surface area contributed by atoms with Crippen LogP contribution in [0.1, 0.15) is 0 Å². The van der Waals surface area contributed by atoms with Gasteiger partial charge >= 0.3 is 0 Å². The largest absolute Gasteiger partial charge is 0.340 e. The van der Waals surface area contributed by atoms with E-state index in [4.69, 9.17) is 11.6 Å². The summed E-state index contributed by atoms with van der Waals surface area (Å²) in [6.45, 7) is 0. The van der Waals surface area contributed by atoms with Crippen LogP contribution in [0.4, 0.5) is 11.5 Å². The smallest absolute Gasteiger partial charge is 0.139 e. The summed E-state index contributed by atoms with van der Waals surface area (Å²) in [5, 5.41) is 4.36. The Morgan fingerprint density at radius 2 is 1.94 bits per heavy atom. The number of pyridine rings is 1. The van der Waals surface area contributed by atoms with Crippen molar-refractivity contribution in [1.82, 2.24) is 4.98 Å². The lowest BCUT2D eigenvalue weighted by molar-refractivity contribution is 1.34. The van der Waals surface area contributed by atoms with Crippen molar-refractivity contribution in [3.63, 3.8) is 0 Å². The van der Waals surface area contributed by atoms with Crippen molar-refractivity contribution in [3.8, 4) is 0 Å². The van der Waals surface area contributed by atoms with E-state index < -0.39 is 0 Å². The van der Waals surface area contributed by atoms with Crippen molar-refractivity contribution < 1.29 is 0 Å². The highest BCUT2D eigenvalue weighted by molar-refractivity contribution is 7.22. The van der Waals surface area contributed by atoms with Gasteiger partial charge in [0.2, 0.25) is 0 Å². The number of para-hydroxylation sites is 1. The number of benzene rings is 1. The SMILES string of the molecule is Clc1cc2c(Nc3ccccc3)nccc2s1. The summed E-state index contributed by atoms with van der Waals surface area (Å²) in [5.74, 6) is 0.844. The predicted molar refractivity (Wildman–Crippen MR) is 74.4 cm³/mol. The summed E-state index contributed by atoms with van der Waals surface area (Å²) in [5.41, 5.74) is 1.02. The first-order chi connectivity index (χ1) is 8.33. The molecule has 0 aliphatic heterocycles. The van der Waals surface area contributed by atoms with E-state index in [0.29, 0.717) is 0 Å². The Labute approximate surface area is 108 Å². The molecule has 0 fully saturated rings. The maximum atomic E-state index is 6.02. The molecule has 0 saturated heterocycles. The van der Waals surface area contributed by atoms with Crippen molar-refractivity contribution in [1.29, 1.82) is 0 Å². The second-order valence-electron chi connectivity index (χ2n) is 3.61. The van der Waals surface area contributed by atoms with E-state index in [0.717, 1.165) is 25.9 Å². The number of anilines is 2. The minimum atomic E-state index is 0.782. The minimum absolute atomic E-state index is 0.782. The standard InChI is InChI=1S/C13H9ClN2S/c14-12-8-10-11(17-12)6-7-15-13(10)16-9-4-2-1-3-5-9/h1-8H,(H,15,16). The zero-order chi connectivity index (χ0) is 11.7. The van der Waals surface area contributed by atoms with E-state index in [9.17, 15) is 0 Å². The molecule has 17 heavy (non-hydrogen) atoms. The van der Waals surface area contributed by atoms with Crippen molar-refractivity contribution in [3.05, 3.63) is 53.0 Å². The van der Waals surface area contributed by atoms with Crippen LogP contribution in [0.3, 0.4) is 0 Å². The van der Waals surface area contributed by atoms with E-state index >= 15 is 0 Å². The Hall–Kier alpha value is -1.58. The zero-order valence-corrected chi connectivity index (χ0v) is 10.4. The second kappa shape index (κ2) is 4.35. The summed E-state index contributed by atoms with van der Waals surface area (Å²) >= 11 is 7.58. The van der Waals surface area contributed by atoms with Gasteiger partial charge in [-0.05, 0) is 24.3 Å². The molecule has 84 valence electrons. The van der Waals surface area contributed by atoms with Crippen molar-refractivity contribution in [2.24, 2.45) is 0 Å². The molecular weight excluding hydrogens is 252 g/mol. The van der Waals surface area contributed by atoms with E-state index in [1.807, 2.05) is 42.5 Å². The lowest BCUT2D eigenvalue weighted by Crippen LogP contribution is -1.92. The number of halogens is 1. The van der Waals surface area contributed by atoms with Gasteiger partial charge in [-0.1, -0.05) is 29.8 Å². The predicted octanol–water partition coefficient (Wildman–Crippen LogP) is 4.69. The Bertz CT molecular complexity index is 649. The third-order valence-electron chi connectivity index (χ3n) is 2.45. The van der Waals surface area contributed by atoms with Crippen LogP contribution >= 0.6 is 22.9 Å². The molecule has 0 saturated carbocycles. The van der Waals surface area contributed by atoms with E-state index in [1.165, 1.54) is 0 Å². The van der Waals surface area contributed by atoms with E-state index in [2.05, 4.69) is 10.3 Å². The molecule has 0 bridgehead atoms. The highest BCUT2D eigenvalue weighted by Gasteiger charge is 2.06. The maximum absolute atomic E-state index is 6.02. The van der Waals surface area contributed by atoms with Crippen LogP contribution in [0.5, 0.6) is 0 Å². The van der Waals surface area contributed by atoms with Crippen LogP contribution in [0.2, 0.25) is 4.34 Å². The molecule has 0 atom stereocenters. The van der Waals surface area contributed by atoms with Gasteiger partial charge in [0.15, 0.2) is 0 Å². The topological polar surface area (TPSA) is 24.9 Å². The molecule has 1 aromatic carbocycles. The van der Waals surface area contributed by atoms with Gasteiger partial charge in [0.25, 0.3) is 0 Å². The molecule has 4 heteroatoms. The van der Waals surface area contributed by atoms with Crippen molar-refractivity contribution in [2.75, 3.05) is 5.32 Å². The van der Waals surface area contributed by atoms with Gasteiger partial charge in [-0.15, -0.1) is 11.3 Å². The van der Waals surface area contributed by atoms with Crippen molar-refractivity contribution >= 4 is 44.5 Å². The summed E-state index contributed by atoms with van der Waals surface area (Å²) in [4.78, 5) is 4.35. The maximum Gasteiger partial charge on any atom is 0.139 e. The number of hydrogen-bond donors (Lipinski definition) is 1. The third kappa shape index (κ3) is 2.12. The lowest BCUT2D eigenvalue weighted by atomic mass is 10.3. The van der Waals surface area contributed by atoms with Crippen LogP contribution < -0.4 is 5.32 Å². The first kappa shape index (κ1) is 10.6. The first-order valence-corrected chi connectivity index (χ1v) is 6.38. The molecule has 0 aliphatic carbocycles. The second-order valence-corrected chi connectivity index (χ2v) is 5.33. The normalized spacial score (nSPS) is 10.6. The van der Waals surface area contributed by atoms with Crippen molar-refractivity contribution in [2.45, 2.75) is 0 Å². The number of aromatic nitrogens is 1. The Balaban J connectivity index is 2.06. The fourth-order valence-electron chi connectivity index (χ4n) is 1.69. The van der Waals surface area contributed by atoms with Gasteiger partial charge in [0.1, 0.15) is 5.82 Å². The number of rotatable bonds is 2. The van der Waals surface area contributed by atoms with Crippen LogP contribution in [0, 0.1) is 0 Å². The van der Waals surface area contributed by atoms with Crippen LogP contribution in [-0.2, 0) is 0 Å². The van der Waals surface area contributed by atoms with Crippen LogP contribution in [0.15, 0.2) is 48.7 Å². The first-order valence-electron chi connectivity index (χ1n) is 5.19. The summed E-state index contributed by atoms with van der Waals surface area (Å²) < 4.78 is 1.92. The molecule has 3 rings (SSSR count). The zero-order valence-electron chi connectivity index (χ0n) is 8.85. The highest BCUT2D eigenvalue weighted by atomic mass is 35.5. The molecule has 2 aromatic heterocycles. The number of nitrogens with zero attached hydrogens (tertiary/aromatic N) is 1. The molecule has 0 unspecified atom stereocenters. The molecule has 3 aromatic rings. The van der Waals surface area contributed by atoms with Gasteiger partial charge in [-0.3, -0.25) is 0 Å². The minimum Gasteiger partial charge on any atom is -0.340 e. The monoisotopic (exact) mass is 260 g/mol. The summed E-state index contributed by atoms with van der Waals surface area (Å²) in [6, 6.07) is 13.9. The lowest BCUT2D eigenvalue weighted by Gasteiger charge is -2.05. The molecule has 0 spiro atoms. The molecule has 2 heterocycles. The summed E-state index contributed by atoms with van der Waals surface area (Å²) in [7, 11) is 0. The Morgan fingerprint density at radius 3 is 2.76 bits per heavy atom. The Morgan fingerprint density at radius 1 is 1.12 bits per heavy atom. The van der Waals surface area contributed by atoms with Gasteiger partial charge in [0.05, 0.1) is 4.34 Å². The van der Waals surface area contributed by atoms with Gasteiger partial charge in [0, 0.05) is 22.0 Å². The fraction of sp³-hybridized carbons (Fsp3) is 0. The fourth-order valence-corrected chi connectivity index (χ4v) is 2.83. The average molecular weight is 261 g/mol. The van der Waals surface area contributed by atoms with E-state index in [1.54, 1.807) is 17.5 Å². The molecule has 1 N–H and O–H groups in total. The molecule has 0 amide bonds. The third-order valence-corrected chi connectivity index (χ3v) is 3.68. The van der Waals surface area contributed by atoms with Crippen LogP contribution in [0.25, 0.3) is 10.1 Å². The summed E-state index contributed by atoms with van der Waals surface area (Å²) in [6.07, 6.45) is 1.79. The van der Waals surface area contributed by atoms with E-state index in [-0.39, 0.29) is 0 Å². The Kier molecular flexibility index (Phi) is 2.71. The molecule has 0 radical (unpaired) electrons. The number of thiophene rings is 1. The van der Waals surface area contributed by atoms with Crippen LogP contribution in [-0.4, -0.2) is 4.98 Å². The number of hydrogen-bond acceptors (Lipinski definition) is 3.